The Bertz CT molecular complexity index is 541. The molecular formula is C17H48O5Si7. The third-order valence-electron chi connectivity index (χ3n) is 4.49. The summed E-state index contributed by atoms with van der Waals surface area (Å²) in [6.07, 6.45) is 0. The second kappa shape index (κ2) is 8.59. The van der Waals surface area contributed by atoms with Gasteiger partial charge in [-0.05, 0) is 78.6 Å². The molecular weight excluding hydrogens is 481 g/mol. The van der Waals surface area contributed by atoms with Crippen LogP contribution < -0.4 is 0 Å². The molecule has 12 heteroatoms. The van der Waals surface area contributed by atoms with Crippen molar-refractivity contribution in [3.63, 3.8) is 0 Å². The highest BCUT2D eigenvalue weighted by atomic mass is 29.6. The lowest BCUT2D eigenvalue weighted by molar-refractivity contribution is -0.267. The predicted octanol–water partition coefficient (Wildman–Crippen LogP) is 5.74. The maximum atomic E-state index is 7.10. The molecule has 29 heavy (non-hydrogen) atoms. The van der Waals surface area contributed by atoms with Gasteiger partial charge in [0.1, 0.15) is 7.83 Å². The highest BCUT2D eigenvalue weighted by Gasteiger charge is 2.68. The van der Waals surface area contributed by atoms with E-state index in [0.29, 0.717) is 0 Å². The van der Waals surface area contributed by atoms with Crippen molar-refractivity contribution in [2.45, 2.75) is 110 Å². The van der Waals surface area contributed by atoms with Gasteiger partial charge in [0.25, 0.3) is 5.97 Å². The first-order chi connectivity index (χ1) is 12.4. The van der Waals surface area contributed by atoms with E-state index in [9.17, 15) is 0 Å². The van der Waals surface area contributed by atoms with Crippen LogP contribution in [0.4, 0.5) is 0 Å². The van der Waals surface area contributed by atoms with E-state index in [1.54, 1.807) is 0 Å². The van der Waals surface area contributed by atoms with Crippen molar-refractivity contribution in [3.05, 3.63) is 0 Å². The van der Waals surface area contributed by atoms with E-state index < -0.39 is 63.0 Å². The lowest BCUT2D eigenvalue weighted by atomic mass is 10.7. The molecule has 1 rings (SSSR count). The van der Waals surface area contributed by atoms with Gasteiger partial charge in [-0.2, -0.15) is 0 Å². The van der Waals surface area contributed by atoms with Crippen LogP contribution in [0.15, 0.2) is 0 Å². The average Bonchev–Trinajstić information content (AvgIpc) is 2.25. The maximum Gasteiger partial charge on any atom is 0.446 e. The van der Waals surface area contributed by atoms with Crippen molar-refractivity contribution in [1.29, 1.82) is 0 Å². The molecule has 0 bridgehead atoms. The van der Waals surface area contributed by atoms with Gasteiger partial charge in [0.15, 0.2) is 33.3 Å². The standard InChI is InChI=1S/C17H48O5Si7/c1-23-28(14,15)16-17(18-24(2,3)4,19-25(5,6)7)20-29(23,21-26(8,9)10)22-27(11,12)13/h23H,16H2,1-15H3. The molecule has 1 saturated heterocycles. The molecule has 0 amide bonds. The lowest BCUT2D eigenvalue weighted by Gasteiger charge is -2.57. The van der Waals surface area contributed by atoms with Gasteiger partial charge in [-0.25, -0.2) is 0 Å². The second-order valence-corrected chi connectivity index (χ2v) is 53.0. The summed E-state index contributed by atoms with van der Waals surface area (Å²) in [6.45, 7) is 34.3. The Morgan fingerprint density at radius 3 is 1.31 bits per heavy atom. The molecule has 0 aliphatic carbocycles. The number of hydrogen-bond donors (Lipinski definition) is 0. The first kappa shape index (κ1) is 28.4. The zero-order chi connectivity index (χ0) is 23.3. The third-order valence-corrected chi connectivity index (χ3v) is 42.4. The van der Waals surface area contributed by atoms with Gasteiger partial charge in [-0.15, -0.1) is 0 Å². The van der Waals surface area contributed by atoms with Crippen molar-refractivity contribution < 1.29 is 21.5 Å². The molecule has 1 aliphatic heterocycles. The molecule has 5 nitrogen and oxygen atoms in total. The molecule has 1 unspecified atom stereocenters. The van der Waals surface area contributed by atoms with Crippen molar-refractivity contribution in [1.82, 2.24) is 0 Å². The Kier molecular flexibility index (Phi) is 8.40. The van der Waals surface area contributed by atoms with Gasteiger partial charge in [0.2, 0.25) is 0 Å². The summed E-state index contributed by atoms with van der Waals surface area (Å²) in [5, 5.41) is 0. The molecule has 0 N–H and O–H groups in total. The van der Waals surface area contributed by atoms with Crippen LogP contribution in [0.3, 0.4) is 0 Å². The second-order valence-electron chi connectivity index (χ2n) is 13.1. The van der Waals surface area contributed by atoms with Crippen LogP contribution in [0, 0.1) is 0 Å². The smallest absolute Gasteiger partial charge is 0.420 e. The van der Waals surface area contributed by atoms with E-state index in [1.165, 1.54) is 0 Å². The lowest BCUT2D eigenvalue weighted by Crippen LogP contribution is -2.80. The normalized spacial score (nSPS) is 25.1. The summed E-state index contributed by atoms with van der Waals surface area (Å²) in [4.78, 5) is 0. The highest BCUT2D eigenvalue weighted by Crippen LogP contribution is 2.45. The van der Waals surface area contributed by atoms with Crippen LogP contribution in [0.25, 0.3) is 0 Å². The van der Waals surface area contributed by atoms with Crippen molar-refractivity contribution in [3.8, 4) is 0 Å². The first-order valence-electron chi connectivity index (χ1n) is 10.9. The van der Waals surface area contributed by atoms with E-state index in [0.717, 1.165) is 6.04 Å². The predicted molar refractivity (Wildman–Crippen MR) is 143 cm³/mol. The summed E-state index contributed by atoms with van der Waals surface area (Å²) in [5.74, 6) is -0.990. The van der Waals surface area contributed by atoms with Crippen LogP contribution in [-0.4, -0.2) is 63.0 Å². The monoisotopic (exact) mass is 528 g/mol. The molecule has 1 atom stereocenters. The largest absolute Gasteiger partial charge is 0.446 e. The highest BCUT2D eigenvalue weighted by molar-refractivity contribution is 7.58. The maximum absolute atomic E-state index is 7.10. The van der Waals surface area contributed by atoms with Gasteiger partial charge < -0.3 is 21.5 Å². The molecule has 0 saturated carbocycles. The van der Waals surface area contributed by atoms with Crippen molar-refractivity contribution in [2.24, 2.45) is 0 Å². The minimum absolute atomic E-state index is 0.890. The van der Waals surface area contributed by atoms with Crippen molar-refractivity contribution >= 4 is 57.0 Å². The SMILES string of the molecule is C[SiH]1[Si](C)(C)CC(O[Si](C)(C)C)(O[Si](C)(C)C)O[Si]1(O[Si](C)(C)C)O[Si](C)(C)C. The Hall–Kier alpha value is 1.32. The topological polar surface area (TPSA) is 46.2 Å². The van der Waals surface area contributed by atoms with Crippen molar-refractivity contribution in [2.75, 3.05) is 0 Å². The first-order valence-corrected chi connectivity index (χ1v) is 34.2. The van der Waals surface area contributed by atoms with E-state index in [4.69, 9.17) is 21.5 Å². The molecule has 174 valence electrons. The molecule has 1 aliphatic rings. The number of rotatable bonds is 8. The van der Waals surface area contributed by atoms with Crippen LogP contribution >= 0.6 is 0 Å². The van der Waals surface area contributed by atoms with Crippen LogP contribution in [0.1, 0.15) is 0 Å². The van der Waals surface area contributed by atoms with Gasteiger partial charge >= 0.3 is 8.32 Å². The molecule has 1 heterocycles. The fourth-order valence-electron chi connectivity index (χ4n) is 3.69. The average molecular weight is 529 g/mol. The molecule has 0 radical (unpaired) electrons. The third kappa shape index (κ3) is 9.00. The summed E-state index contributed by atoms with van der Waals surface area (Å²) in [6, 6.07) is 0.890. The summed E-state index contributed by atoms with van der Waals surface area (Å²) >= 11 is 0. The molecule has 0 aromatic rings. The van der Waals surface area contributed by atoms with Crippen LogP contribution in [0.5, 0.6) is 0 Å². The molecule has 0 spiro atoms. The van der Waals surface area contributed by atoms with E-state index in [1.807, 2.05) is 0 Å². The zero-order valence-electron chi connectivity index (χ0n) is 21.8. The van der Waals surface area contributed by atoms with Gasteiger partial charge in [0.05, 0.1) is 7.59 Å². The Morgan fingerprint density at radius 1 is 0.690 bits per heavy atom. The minimum atomic E-state index is -2.91. The van der Waals surface area contributed by atoms with E-state index in [2.05, 4.69) is 98.2 Å². The van der Waals surface area contributed by atoms with Gasteiger partial charge in [-0.3, -0.25) is 0 Å². The summed E-state index contributed by atoms with van der Waals surface area (Å²) in [7, 11) is -13.7. The summed E-state index contributed by atoms with van der Waals surface area (Å²) in [5.41, 5.74) is 0. The van der Waals surface area contributed by atoms with E-state index >= 15 is 0 Å². The van der Waals surface area contributed by atoms with E-state index in [-0.39, 0.29) is 0 Å². The zero-order valence-corrected chi connectivity index (χ0v) is 29.0. The number of hydrogen-bond acceptors (Lipinski definition) is 5. The quantitative estimate of drug-likeness (QED) is 0.297. The fraction of sp³-hybridized carbons (Fsp3) is 1.00. The summed E-state index contributed by atoms with van der Waals surface area (Å²) < 4.78 is 34.7. The minimum Gasteiger partial charge on any atom is -0.420 e. The van der Waals surface area contributed by atoms with Gasteiger partial charge in [-0.1, -0.05) is 19.6 Å². The van der Waals surface area contributed by atoms with Crippen LogP contribution in [0.2, 0.25) is 104 Å². The molecule has 1 fully saturated rings. The van der Waals surface area contributed by atoms with Crippen LogP contribution in [-0.2, 0) is 21.5 Å². The molecule has 0 aromatic heterocycles. The Morgan fingerprint density at radius 2 is 1.03 bits per heavy atom. The molecule has 0 aromatic carbocycles. The Balaban J connectivity index is 3.68. The Labute approximate surface area is 188 Å². The van der Waals surface area contributed by atoms with Gasteiger partial charge in [0, 0.05) is 6.04 Å². The fourth-order valence-corrected chi connectivity index (χ4v) is 47.4.